The van der Waals surface area contributed by atoms with Gasteiger partial charge in [-0.3, -0.25) is 9.69 Å². The third kappa shape index (κ3) is 1.73. The van der Waals surface area contributed by atoms with Gasteiger partial charge in [0.15, 0.2) is 0 Å². The van der Waals surface area contributed by atoms with Crippen LogP contribution in [-0.4, -0.2) is 42.9 Å². The van der Waals surface area contributed by atoms with E-state index in [9.17, 15) is 9.59 Å². The average molecular weight is 234 g/mol. The molecule has 1 aromatic rings. The van der Waals surface area contributed by atoms with Crippen molar-refractivity contribution in [2.45, 2.75) is 6.04 Å². The van der Waals surface area contributed by atoms with Gasteiger partial charge >= 0.3 is 6.03 Å². The molecule has 0 aliphatic carbocycles. The molecule has 17 heavy (non-hydrogen) atoms. The zero-order valence-electron chi connectivity index (χ0n) is 10.0. The van der Waals surface area contributed by atoms with E-state index in [0.29, 0.717) is 0 Å². The predicted octanol–water partition coefficient (Wildman–Crippen LogP) is 1.26. The number of methoxy groups -OCH3 is 1. The number of benzene rings is 1. The molecule has 1 heterocycles. The number of carbonyl (C=O) groups excluding carboxylic acids is 2. The van der Waals surface area contributed by atoms with Crippen LogP contribution in [0.5, 0.6) is 5.75 Å². The predicted molar refractivity (Wildman–Crippen MR) is 61.7 cm³/mol. The van der Waals surface area contributed by atoms with Gasteiger partial charge in [0.05, 0.1) is 7.11 Å². The minimum atomic E-state index is -0.529. The zero-order chi connectivity index (χ0) is 12.6. The van der Waals surface area contributed by atoms with Gasteiger partial charge in [-0.25, -0.2) is 4.79 Å². The van der Waals surface area contributed by atoms with Gasteiger partial charge in [-0.15, -0.1) is 0 Å². The van der Waals surface area contributed by atoms with Gasteiger partial charge in [0.2, 0.25) is 0 Å². The number of carbonyl (C=O) groups is 2. The Bertz CT molecular complexity index is 455. The summed E-state index contributed by atoms with van der Waals surface area (Å²) in [5, 5.41) is 0. The lowest BCUT2D eigenvalue weighted by atomic mass is 10.1. The Balaban J connectivity index is 2.33. The first kappa shape index (κ1) is 11.4. The van der Waals surface area contributed by atoms with Crippen LogP contribution in [0.2, 0.25) is 0 Å². The van der Waals surface area contributed by atoms with Crippen LogP contribution in [-0.2, 0) is 4.79 Å². The van der Waals surface area contributed by atoms with E-state index < -0.39 is 6.04 Å². The summed E-state index contributed by atoms with van der Waals surface area (Å²) in [4.78, 5) is 26.1. The van der Waals surface area contributed by atoms with Crippen LogP contribution < -0.4 is 4.74 Å². The average Bonchev–Trinajstić information content (AvgIpc) is 2.54. The molecule has 3 amide bonds. The molecule has 1 aliphatic rings. The molecule has 0 N–H and O–H groups in total. The molecular weight excluding hydrogens is 220 g/mol. The lowest BCUT2D eigenvalue weighted by molar-refractivity contribution is -0.127. The number of hydrogen-bond donors (Lipinski definition) is 0. The third-order valence-electron chi connectivity index (χ3n) is 2.97. The van der Waals surface area contributed by atoms with Crippen LogP contribution in [0.3, 0.4) is 0 Å². The summed E-state index contributed by atoms with van der Waals surface area (Å²) in [6.45, 7) is 0. The van der Waals surface area contributed by atoms with Crippen molar-refractivity contribution in [1.82, 2.24) is 9.80 Å². The minimum absolute atomic E-state index is 0.206. The number of urea groups is 1. The molecule has 90 valence electrons. The first-order chi connectivity index (χ1) is 8.06. The Morgan fingerprint density at radius 3 is 2.12 bits per heavy atom. The second kappa shape index (κ2) is 4.08. The van der Waals surface area contributed by atoms with Crippen LogP contribution in [0.25, 0.3) is 0 Å². The molecule has 0 aromatic heterocycles. The summed E-state index contributed by atoms with van der Waals surface area (Å²) in [6.07, 6.45) is 0. The number of nitrogens with zero attached hydrogens (tertiary/aromatic N) is 2. The lowest BCUT2D eigenvalue weighted by Gasteiger charge is -2.16. The first-order valence-electron chi connectivity index (χ1n) is 5.24. The van der Waals surface area contributed by atoms with Crippen molar-refractivity contribution in [3.63, 3.8) is 0 Å². The fourth-order valence-electron chi connectivity index (χ4n) is 1.94. The molecule has 5 heteroatoms. The van der Waals surface area contributed by atoms with Crippen LogP contribution in [0.1, 0.15) is 11.6 Å². The molecule has 1 atom stereocenters. The van der Waals surface area contributed by atoms with Gasteiger partial charge in [-0.2, -0.15) is 0 Å². The van der Waals surface area contributed by atoms with E-state index in [-0.39, 0.29) is 11.9 Å². The molecule has 0 spiro atoms. The smallest absolute Gasteiger partial charge is 0.327 e. The Morgan fingerprint density at radius 2 is 1.71 bits per heavy atom. The fraction of sp³-hybridized carbons (Fsp3) is 0.333. The molecule has 1 saturated heterocycles. The summed E-state index contributed by atoms with van der Waals surface area (Å²) in [6, 6.07) is 6.34. The molecule has 1 aliphatic heterocycles. The number of likely N-dealkylation sites (N-methyl/N-ethyl adjacent to an activating group) is 2. The van der Waals surface area contributed by atoms with Crippen molar-refractivity contribution in [2.24, 2.45) is 0 Å². The summed E-state index contributed by atoms with van der Waals surface area (Å²) in [5.74, 6) is 0.518. The molecule has 0 radical (unpaired) electrons. The monoisotopic (exact) mass is 234 g/mol. The Labute approximate surface area is 99.6 Å². The Hall–Kier alpha value is -2.04. The molecule has 0 saturated carbocycles. The highest BCUT2D eigenvalue weighted by atomic mass is 16.5. The van der Waals surface area contributed by atoms with Gasteiger partial charge in [0.25, 0.3) is 5.91 Å². The van der Waals surface area contributed by atoms with Gasteiger partial charge in [-0.05, 0) is 17.7 Å². The highest BCUT2D eigenvalue weighted by molar-refractivity contribution is 6.04. The highest BCUT2D eigenvalue weighted by Gasteiger charge is 2.41. The van der Waals surface area contributed by atoms with Crippen molar-refractivity contribution in [3.8, 4) is 5.75 Å². The third-order valence-corrected chi connectivity index (χ3v) is 2.97. The molecule has 1 fully saturated rings. The number of ether oxygens (including phenoxy) is 1. The van der Waals surface area contributed by atoms with Crippen molar-refractivity contribution < 1.29 is 14.3 Å². The normalized spacial score (nSPS) is 20.1. The Kier molecular flexibility index (Phi) is 2.75. The van der Waals surface area contributed by atoms with Crippen molar-refractivity contribution in [1.29, 1.82) is 0 Å². The minimum Gasteiger partial charge on any atom is -0.497 e. The van der Waals surface area contributed by atoms with Crippen LogP contribution in [0.15, 0.2) is 24.3 Å². The van der Waals surface area contributed by atoms with E-state index in [0.717, 1.165) is 16.2 Å². The van der Waals surface area contributed by atoms with Crippen molar-refractivity contribution >= 4 is 11.9 Å². The number of amides is 3. The maximum absolute atomic E-state index is 11.9. The number of hydrogen-bond acceptors (Lipinski definition) is 3. The molecule has 1 unspecified atom stereocenters. The molecule has 5 nitrogen and oxygen atoms in total. The standard InChI is InChI=1S/C12H14N2O3/c1-13-10(11(15)14(2)12(13)16)8-4-6-9(17-3)7-5-8/h4-7,10H,1-3H3. The van der Waals surface area contributed by atoms with E-state index in [1.54, 1.807) is 38.4 Å². The van der Waals surface area contributed by atoms with Crippen LogP contribution in [0.4, 0.5) is 4.79 Å². The van der Waals surface area contributed by atoms with Gasteiger partial charge in [0, 0.05) is 14.1 Å². The maximum atomic E-state index is 11.9. The summed E-state index contributed by atoms with van der Waals surface area (Å²) in [7, 11) is 4.70. The number of imide groups is 1. The van der Waals surface area contributed by atoms with E-state index in [4.69, 9.17) is 4.74 Å². The van der Waals surface area contributed by atoms with Gasteiger partial charge in [-0.1, -0.05) is 12.1 Å². The maximum Gasteiger partial charge on any atom is 0.327 e. The van der Waals surface area contributed by atoms with Crippen molar-refractivity contribution in [3.05, 3.63) is 29.8 Å². The molecule has 1 aromatic carbocycles. The summed E-state index contributed by atoms with van der Waals surface area (Å²) in [5.41, 5.74) is 0.788. The van der Waals surface area contributed by atoms with Crippen LogP contribution in [0, 0.1) is 0 Å². The second-order valence-electron chi connectivity index (χ2n) is 3.97. The molecule has 2 rings (SSSR count). The summed E-state index contributed by atoms with van der Waals surface area (Å²) >= 11 is 0. The van der Waals surface area contributed by atoms with Gasteiger partial charge in [0.1, 0.15) is 11.8 Å². The lowest BCUT2D eigenvalue weighted by Crippen LogP contribution is -2.27. The Morgan fingerprint density at radius 1 is 1.12 bits per heavy atom. The van der Waals surface area contributed by atoms with E-state index in [2.05, 4.69) is 0 Å². The van der Waals surface area contributed by atoms with E-state index >= 15 is 0 Å². The summed E-state index contributed by atoms with van der Waals surface area (Å²) < 4.78 is 5.05. The van der Waals surface area contributed by atoms with E-state index in [1.807, 2.05) is 0 Å². The SMILES string of the molecule is COc1ccc(C2C(=O)N(C)C(=O)N2C)cc1. The topological polar surface area (TPSA) is 49.9 Å². The molecule has 0 bridgehead atoms. The van der Waals surface area contributed by atoms with Gasteiger partial charge < -0.3 is 9.64 Å². The first-order valence-corrected chi connectivity index (χ1v) is 5.24. The second-order valence-corrected chi connectivity index (χ2v) is 3.97. The van der Waals surface area contributed by atoms with Crippen molar-refractivity contribution in [2.75, 3.05) is 21.2 Å². The fourth-order valence-corrected chi connectivity index (χ4v) is 1.94. The van der Waals surface area contributed by atoms with E-state index in [1.165, 1.54) is 11.9 Å². The zero-order valence-corrected chi connectivity index (χ0v) is 10.0. The highest BCUT2D eigenvalue weighted by Crippen LogP contribution is 2.29. The molecular formula is C12H14N2O3. The number of rotatable bonds is 2. The largest absolute Gasteiger partial charge is 0.497 e. The van der Waals surface area contributed by atoms with Crippen LogP contribution >= 0.6 is 0 Å². The quantitative estimate of drug-likeness (QED) is 0.724.